The summed E-state index contributed by atoms with van der Waals surface area (Å²) in [5, 5.41) is 11.5. The lowest BCUT2D eigenvalue weighted by atomic mass is 10.2. The third-order valence-corrected chi connectivity index (χ3v) is 5.39. The maximum absolute atomic E-state index is 12.5. The van der Waals surface area contributed by atoms with Gasteiger partial charge in [-0.2, -0.15) is 0 Å². The molecule has 0 unspecified atom stereocenters. The third kappa shape index (κ3) is 2.93. The van der Waals surface area contributed by atoms with Gasteiger partial charge < -0.3 is 4.57 Å². The second-order valence-corrected chi connectivity index (χ2v) is 7.41. The maximum atomic E-state index is 12.5. The molecule has 3 aromatic rings. The van der Waals surface area contributed by atoms with Crippen LogP contribution in [0.2, 0.25) is 0 Å². The van der Waals surface area contributed by atoms with Crippen LogP contribution >= 0.6 is 0 Å². The second-order valence-electron chi connectivity index (χ2n) is 5.72. The molecule has 0 amide bonds. The van der Waals surface area contributed by atoms with E-state index in [0.717, 1.165) is 5.56 Å². The van der Waals surface area contributed by atoms with Gasteiger partial charge in [-0.25, -0.2) is 13.4 Å². The van der Waals surface area contributed by atoms with Gasteiger partial charge in [0.15, 0.2) is 5.52 Å². The van der Waals surface area contributed by atoms with Crippen molar-refractivity contribution in [3.63, 3.8) is 0 Å². The minimum absolute atomic E-state index is 0.0321. The topological polar surface area (TPSA) is 107 Å². The summed E-state index contributed by atoms with van der Waals surface area (Å²) in [7, 11) is -2.21. The zero-order valence-electron chi connectivity index (χ0n) is 13.8. The Morgan fingerprint density at radius 2 is 1.76 bits per heavy atom. The van der Waals surface area contributed by atoms with Gasteiger partial charge in [0.25, 0.3) is 10.0 Å². The minimum Gasteiger partial charge on any atom is -0.331 e. The lowest BCUT2D eigenvalue weighted by molar-refractivity contribution is -0.382. The molecule has 9 heteroatoms. The first-order chi connectivity index (χ1) is 11.7. The van der Waals surface area contributed by atoms with Crippen LogP contribution in [0.3, 0.4) is 0 Å². The zero-order valence-corrected chi connectivity index (χ0v) is 14.7. The number of rotatable bonds is 4. The number of anilines is 1. The van der Waals surface area contributed by atoms with Gasteiger partial charge in [0.05, 0.1) is 15.3 Å². The molecule has 0 aliphatic heterocycles. The lowest BCUT2D eigenvalue weighted by Gasteiger charge is -2.09. The highest BCUT2D eigenvalue weighted by molar-refractivity contribution is 7.92. The molecule has 0 spiro atoms. The van der Waals surface area contributed by atoms with Crippen LogP contribution in [0.5, 0.6) is 0 Å². The van der Waals surface area contributed by atoms with E-state index in [1.54, 1.807) is 36.7 Å². The first-order valence-electron chi connectivity index (χ1n) is 7.40. The predicted octanol–water partition coefficient (Wildman–Crippen LogP) is 2.90. The van der Waals surface area contributed by atoms with E-state index in [-0.39, 0.29) is 21.8 Å². The molecule has 0 atom stereocenters. The molecule has 1 heterocycles. The molecule has 0 fully saturated rings. The van der Waals surface area contributed by atoms with Gasteiger partial charge in [0, 0.05) is 7.05 Å². The number of benzene rings is 2. The van der Waals surface area contributed by atoms with Crippen molar-refractivity contribution in [3.05, 3.63) is 57.9 Å². The van der Waals surface area contributed by atoms with Crippen LogP contribution in [0.25, 0.3) is 11.0 Å². The number of nitro groups is 1. The molecular weight excluding hydrogens is 344 g/mol. The average Bonchev–Trinajstić information content (AvgIpc) is 2.81. The Morgan fingerprint density at radius 3 is 2.36 bits per heavy atom. The Balaban J connectivity index is 2.14. The Labute approximate surface area is 144 Å². The number of hydrogen-bond donors (Lipinski definition) is 1. The van der Waals surface area contributed by atoms with Gasteiger partial charge in [-0.05, 0) is 38.1 Å². The molecule has 0 radical (unpaired) electrons. The molecule has 1 aromatic heterocycles. The fraction of sp³-hybridized carbons (Fsp3) is 0.188. The number of nitrogens with one attached hydrogen (secondary N) is 1. The highest BCUT2D eigenvalue weighted by atomic mass is 32.2. The number of nitro benzene ring substituents is 1. The fourth-order valence-electron chi connectivity index (χ4n) is 2.55. The van der Waals surface area contributed by atoms with E-state index in [9.17, 15) is 18.5 Å². The molecule has 130 valence electrons. The molecule has 0 saturated heterocycles. The van der Waals surface area contributed by atoms with Crippen LogP contribution in [0, 0.1) is 24.0 Å². The average molecular weight is 360 g/mol. The van der Waals surface area contributed by atoms with Gasteiger partial charge in [-0.1, -0.05) is 17.7 Å². The first-order valence-corrected chi connectivity index (χ1v) is 8.89. The fourth-order valence-corrected chi connectivity index (χ4v) is 3.62. The van der Waals surface area contributed by atoms with Crippen LogP contribution in [0.1, 0.15) is 11.4 Å². The van der Waals surface area contributed by atoms with E-state index < -0.39 is 14.9 Å². The summed E-state index contributed by atoms with van der Waals surface area (Å²) in [5.41, 5.74) is 1.14. The third-order valence-electron chi connectivity index (χ3n) is 4.01. The Hall–Kier alpha value is -2.94. The van der Waals surface area contributed by atoms with Gasteiger partial charge in [0.1, 0.15) is 11.5 Å². The number of aromatic nitrogens is 2. The first kappa shape index (κ1) is 16.9. The highest BCUT2D eigenvalue weighted by Gasteiger charge is 2.26. The predicted molar refractivity (Wildman–Crippen MR) is 94.1 cm³/mol. The SMILES string of the molecule is Cc1ccc(S(=O)(=O)Nc2ccc3c(nc(C)n3C)c2[N+](=O)[O-])cc1. The van der Waals surface area contributed by atoms with Gasteiger partial charge >= 0.3 is 5.69 Å². The standard InChI is InChI=1S/C16H16N4O4S/c1-10-4-6-12(7-5-10)25(23,24)18-13-8-9-14-15(16(13)20(21)22)17-11(2)19(14)3/h4-9,18H,1-3H3. The summed E-state index contributed by atoms with van der Waals surface area (Å²) in [6, 6.07) is 9.21. The molecule has 0 saturated carbocycles. The van der Waals surface area contributed by atoms with Crippen LogP contribution in [-0.4, -0.2) is 22.9 Å². The molecule has 3 rings (SSSR count). The van der Waals surface area contributed by atoms with E-state index in [2.05, 4.69) is 9.71 Å². The summed E-state index contributed by atoms with van der Waals surface area (Å²) >= 11 is 0. The zero-order chi connectivity index (χ0) is 18.4. The van der Waals surface area contributed by atoms with E-state index >= 15 is 0 Å². The van der Waals surface area contributed by atoms with Crippen molar-refractivity contribution < 1.29 is 13.3 Å². The quantitative estimate of drug-likeness (QED) is 0.568. The monoisotopic (exact) mass is 360 g/mol. The van der Waals surface area contributed by atoms with Crippen molar-refractivity contribution in [2.45, 2.75) is 18.7 Å². The second kappa shape index (κ2) is 5.85. The number of aryl methyl sites for hydroxylation is 3. The van der Waals surface area contributed by atoms with Crippen molar-refractivity contribution in [2.24, 2.45) is 7.05 Å². The normalized spacial score (nSPS) is 11.6. The molecule has 2 aromatic carbocycles. The van der Waals surface area contributed by atoms with E-state index in [4.69, 9.17) is 0 Å². The largest absolute Gasteiger partial charge is 0.331 e. The Kier molecular flexibility index (Phi) is 3.96. The Bertz CT molecular complexity index is 1090. The Morgan fingerprint density at radius 1 is 1.12 bits per heavy atom. The number of fused-ring (bicyclic) bond motifs is 1. The summed E-state index contributed by atoms with van der Waals surface area (Å²) in [4.78, 5) is 15.1. The molecule has 25 heavy (non-hydrogen) atoms. The maximum Gasteiger partial charge on any atom is 0.320 e. The van der Waals surface area contributed by atoms with Crippen LogP contribution in [0.15, 0.2) is 41.3 Å². The lowest BCUT2D eigenvalue weighted by Crippen LogP contribution is -2.14. The summed E-state index contributed by atoms with van der Waals surface area (Å²) < 4.78 is 29.1. The van der Waals surface area contributed by atoms with Crippen LogP contribution in [0.4, 0.5) is 11.4 Å². The summed E-state index contributed by atoms with van der Waals surface area (Å²) in [5.74, 6) is 0.594. The number of imidazole rings is 1. The van der Waals surface area contributed by atoms with Crippen molar-refractivity contribution in [2.75, 3.05) is 4.72 Å². The van der Waals surface area contributed by atoms with E-state index in [0.29, 0.717) is 11.3 Å². The van der Waals surface area contributed by atoms with E-state index in [1.807, 2.05) is 6.92 Å². The molecule has 8 nitrogen and oxygen atoms in total. The van der Waals surface area contributed by atoms with Gasteiger partial charge in [0.2, 0.25) is 0 Å². The summed E-state index contributed by atoms with van der Waals surface area (Å²) in [6.45, 7) is 3.56. The number of hydrogen-bond acceptors (Lipinski definition) is 5. The number of nitrogens with zero attached hydrogens (tertiary/aromatic N) is 3. The minimum atomic E-state index is -3.95. The molecule has 1 N–H and O–H groups in total. The van der Waals surface area contributed by atoms with Crippen molar-refractivity contribution in [1.82, 2.24) is 9.55 Å². The smallest absolute Gasteiger partial charge is 0.320 e. The highest BCUT2D eigenvalue weighted by Crippen LogP contribution is 2.34. The van der Waals surface area contributed by atoms with Gasteiger partial charge in [-0.3, -0.25) is 14.8 Å². The van der Waals surface area contributed by atoms with Crippen LogP contribution in [-0.2, 0) is 17.1 Å². The van der Waals surface area contributed by atoms with Crippen molar-refractivity contribution in [3.8, 4) is 0 Å². The van der Waals surface area contributed by atoms with E-state index in [1.165, 1.54) is 18.2 Å². The molecule has 0 bridgehead atoms. The van der Waals surface area contributed by atoms with Crippen molar-refractivity contribution >= 4 is 32.4 Å². The van der Waals surface area contributed by atoms with Crippen LogP contribution < -0.4 is 4.72 Å². The van der Waals surface area contributed by atoms with Crippen molar-refractivity contribution in [1.29, 1.82) is 0 Å². The van der Waals surface area contributed by atoms with Gasteiger partial charge in [-0.15, -0.1) is 0 Å². The molecular formula is C16H16N4O4S. The molecule has 0 aliphatic carbocycles. The summed E-state index contributed by atoms with van der Waals surface area (Å²) in [6.07, 6.45) is 0. The number of sulfonamides is 1. The molecule has 0 aliphatic rings.